The Labute approximate surface area is 164 Å². The summed E-state index contributed by atoms with van der Waals surface area (Å²) in [4.78, 5) is 11.5. The predicted molar refractivity (Wildman–Crippen MR) is 104 cm³/mol. The molecule has 2 unspecified atom stereocenters. The van der Waals surface area contributed by atoms with Crippen LogP contribution in [-0.2, 0) is 23.7 Å². The molecule has 0 aromatic carbocycles. The lowest BCUT2D eigenvalue weighted by Gasteiger charge is -2.19. The Hall–Kier alpha value is -1.09. The first-order valence-corrected chi connectivity index (χ1v) is 10.4. The molecule has 0 bridgehead atoms. The molecular weight excluding hydrogens is 344 g/mol. The molecule has 1 saturated carbocycles. The minimum Gasteiger partial charge on any atom is -0.460 e. The standard InChI is InChI=1S/C22H36O5/c1-22(2,3)27-21(23)11-8-12-24-13-14-25-15-16-26-17-20-18-9-6-4-5-7-10-19(18)20/h18-20H,6-17H2,1-3H3. The number of hydrogen-bond acceptors (Lipinski definition) is 5. The van der Waals surface area contributed by atoms with E-state index in [4.69, 9.17) is 18.9 Å². The van der Waals surface area contributed by atoms with Gasteiger partial charge in [0.25, 0.3) is 0 Å². The van der Waals surface area contributed by atoms with E-state index in [9.17, 15) is 4.79 Å². The SMILES string of the molecule is CC(C)(C)OC(=O)CCCOCCOCCOCC1C2CCC#CCCC21. The monoisotopic (exact) mass is 380 g/mol. The summed E-state index contributed by atoms with van der Waals surface area (Å²) >= 11 is 0. The second kappa shape index (κ2) is 11.7. The zero-order valence-corrected chi connectivity index (χ0v) is 17.3. The second-order valence-electron chi connectivity index (χ2n) is 8.41. The van der Waals surface area contributed by atoms with Crippen LogP contribution in [0.2, 0.25) is 0 Å². The van der Waals surface area contributed by atoms with Crippen molar-refractivity contribution >= 4 is 5.97 Å². The van der Waals surface area contributed by atoms with E-state index in [0.29, 0.717) is 45.9 Å². The molecule has 2 rings (SSSR count). The molecule has 0 aromatic rings. The average molecular weight is 381 g/mol. The Morgan fingerprint density at radius 3 is 2.04 bits per heavy atom. The lowest BCUT2D eigenvalue weighted by Crippen LogP contribution is -2.23. The molecule has 154 valence electrons. The first-order valence-electron chi connectivity index (χ1n) is 10.4. The van der Waals surface area contributed by atoms with Crippen LogP contribution in [0.3, 0.4) is 0 Å². The fraction of sp³-hybridized carbons (Fsp3) is 0.864. The number of esters is 1. The number of hydrogen-bond donors (Lipinski definition) is 0. The van der Waals surface area contributed by atoms with Crippen LogP contribution in [-0.4, -0.2) is 51.2 Å². The summed E-state index contributed by atoms with van der Waals surface area (Å²) in [6, 6.07) is 0. The van der Waals surface area contributed by atoms with Gasteiger partial charge in [0.05, 0.1) is 33.0 Å². The molecule has 0 spiro atoms. The van der Waals surface area contributed by atoms with Gasteiger partial charge >= 0.3 is 5.97 Å². The van der Waals surface area contributed by atoms with Gasteiger partial charge in [-0.2, -0.15) is 0 Å². The lowest BCUT2D eigenvalue weighted by atomic mass is 10.1. The van der Waals surface area contributed by atoms with Crippen LogP contribution in [0.15, 0.2) is 0 Å². The van der Waals surface area contributed by atoms with Crippen molar-refractivity contribution in [1.29, 1.82) is 0 Å². The topological polar surface area (TPSA) is 54.0 Å². The largest absolute Gasteiger partial charge is 0.460 e. The molecule has 2 aliphatic carbocycles. The van der Waals surface area contributed by atoms with E-state index in [2.05, 4.69) is 11.8 Å². The van der Waals surface area contributed by atoms with Crippen molar-refractivity contribution in [3.63, 3.8) is 0 Å². The number of rotatable bonds is 12. The minimum atomic E-state index is -0.418. The van der Waals surface area contributed by atoms with Crippen molar-refractivity contribution in [3.05, 3.63) is 0 Å². The lowest BCUT2D eigenvalue weighted by molar-refractivity contribution is -0.155. The number of ether oxygens (including phenoxy) is 4. The van der Waals surface area contributed by atoms with Crippen LogP contribution in [0.25, 0.3) is 0 Å². The maximum absolute atomic E-state index is 11.5. The van der Waals surface area contributed by atoms with E-state index >= 15 is 0 Å². The summed E-state index contributed by atoms with van der Waals surface area (Å²) in [5, 5.41) is 0. The Kier molecular flexibility index (Phi) is 9.61. The molecule has 0 saturated heterocycles. The van der Waals surface area contributed by atoms with Crippen LogP contribution >= 0.6 is 0 Å². The highest BCUT2D eigenvalue weighted by Gasteiger charge is 2.48. The molecule has 0 heterocycles. The normalized spacial score (nSPS) is 24.2. The second-order valence-corrected chi connectivity index (χ2v) is 8.41. The van der Waals surface area contributed by atoms with Gasteiger partial charge in [0.1, 0.15) is 5.60 Å². The van der Waals surface area contributed by atoms with Crippen molar-refractivity contribution in [1.82, 2.24) is 0 Å². The van der Waals surface area contributed by atoms with Gasteiger partial charge in [-0.3, -0.25) is 4.79 Å². The zero-order chi connectivity index (χ0) is 19.5. The molecule has 0 radical (unpaired) electrons. The quantitative estimate of drug-likeness (QED) is 0.294. The molecule has 2 aliphatic rings. The molecule has 0 amide bonds. The Bertz CT molecular complexity index is 481. The summed E-state index contributed by atoms with van der Waals surface area (Å²) in [7, 11) is 0. The average Bonchev–Trinajstić information content (AvgIpc) is 3.20. The van der Waals surface area contributed by atoms with Crippen LogP contribution < -0.4 is 0 Å². The third kappa shape index (κ3) is 9.60. The highest BCUT2D eigenvalue weighted by Crippen LogP contribution is 2.52. The molecule has 0 aromatic heterocycles. The van der Waals surface area contributed by atoms with Gasteiger partial charge in [0.2, 0.25) is 0 Å². The molecule has 0 N–H and O–H groups in total. The molecule has 27 heavy (non-hydrogen) atoms. The van der Waals surface area contributed by atoms with Gasteiger partial charge in [-0.05, 0) is 57.8 Å². The summed E-state index contributed by atoms with van der Waals surface area (Å²) in [6.07, 6.45) is 5.66. The highest BCUT2D eigenvalue weighted by atomic mass is 16.6. The first-order chi connectivity index (χ1) is 13.0. The van der Waals surface area contributed by atoms with Crippen LogP contribution in [0.4, 0.5) is 0 Å². The molecule has 5 nitrogen and oxygen atoms in total. The molecule has 5 heteroatoms. The number of fused-ring (bicyclic) bond motifs is 1. The number of carbonyl (C=O) groups excluding carboxylic acids is 1. The van der Waals surface area contributed by atoms with E-state index < -0.39 is 5.60 Å². The zero-order valence-electron chi connectivity index (χ0n) is 17.3. The maximum atomic E-state index is 11.5. The highest BCUT2D eigenvalue weighted by molar-refractivity contribution is 5.69. The maximum Gasteiger partial charge on any atom is 0.306 e. The van der Waals surface area contributed by atoms with Gasteiger partial charge in [0.15, 0.2) is 0 Å². The van der Waals surface area contributed by atoms with Crippen LogP contribution in [0, 0.1) is 29.6 Å². The van der Waals surface area contributed by atoms with Crippen molar-refractivity contribution in [2.24, 2.45) is 17.8 Å². The van der Waals surface area contributed by atoms with Crippen molar-refractivity contribution in [3.8, 4) is 11.8 Å². The summed E-state index contributed by atoms with van der Waals surface area (Å²) in [6.45, 7) is 9.38. The van der Waals surface area contributed by atoms with Crippen molar-refractivity contribution in [2.75, 3.05) is 39.6 Å². The van der Waals surface area contributed by atoms with Crippen LogP contribution in [0.5, 0.6) is 0 Å². The molecular formula is C22H36O5. The fourth-order valence-electron chi connectivity index (χ4n) is 3.65. The Balaban J connectivity index is 1.33. The molecule has 0 aliphatic heterocycles. The van der Waals surface area contributed by atoms with Gasteiger partial charge in [-0.15, -0.1) is 11.8 Å². The Morgan fingerprint density at radius 2 is 1.44 bits per heavy atom. The minimum absolute atomic E-state index is 0.172. The number of carbonyl (C=O) groups is 1. The summed E-state index contributed by atoms with van der Waals surface area (Å²) in [5.41, 5.74) is -0.418. The van der Waals surface area contributed by atoms with E-state index in [1.165, 1.54) is 12.8 Å². The summed E-state index contributed by atoms with van der Waals surface area (Å²) in [5.74, 6) is 8.73. The van der Waals surface area contributed by atoms with Gasteiger partial charge in [-0.25, -0.2) is 0 Å². The van der Waals surface area contributed by atoms with Crippen molar-refractivity contribution < 1.29 is 23.7 Å². The van der Waals surface area contributed by atoms with E-state index in [1.807, 2.05) is 20.8 Å². The third-order valence-electron chi connectivity index (χ3n) is 4.98. The van der Waals surface area contributed by atoms with Crippen LogP contribution in [0.1, 0.15) is 59.3 Å². The van der Waals surface area contributed by atoms with E-state index in [0.717, 1.165) is 37.2 Å². The molecule has 1 fully saturated rings. The van der Waals surface area contributed by atoms with Gasteiger partial charge < -0.3 is 18.9 Å². The predicted octanol–water partition coefficient (Wildman–Crippen LogP) is 3.60. The van der Waals surface area contributed by atoms with Gasteiger partial charge in [-0.1, -0.05) is 0 Å². The van der Waals surface area contributed by atoms with E-state index in [-0.39, 0.29) is 5.97 Å². The smallest absolute Gasteiger partial charge is 0.306 e. The van der Waals surface area contributed by atoms with Crippen molar-refractivity contribution in [2.45, 2.75) is 64.9 Å². The fourth-order valence-corrected chi connectivity index (χ4v) is 3.65. The third-order valence-corrected chi connectivity index (χ3v) is 4.98. The summed E-state index contributed by atoms with van der Waals surface area (Å²) < 4.78 is 22.0. The molecule has 2 atom stereocenters. The van der Waals surface area contributed by atoms with Gasteiger partial charge in [0, 0.05) is 25.9 Å². The first kappa shape index (κ1) is 22.2. The Morgan fingerprint density at radius 1 is 0.889 bits per heavy atom. The van der Waals surface area contributed by atoms with E-state index in [1.54, 1.807) is 0 Å².